The summed E-state index contributed by atoms with van der Waals surface area (Å²) in [4.78, 5) is 42.4. The van der Waals surface area contributed by atoms with Crippen molar-refractivity contribution < 1.29 is 9.72 Å². The highest BCUT2D eigenvalue weighted by molar-refractivity contribution is 7.22. The Morgan fingerprint density at radius 1 is 1.17 bits per heavy atom. The van der Waals surface area contributed by atoms with E-state index in [1.54, 1.807) is 7.05 Å². The standard InChI is InChI=1S/C21H16N4O4S/c1-23(15-7-9-16(10-8-15)25(28)29)19(26)12-24-13-22-17-11-18(30-20(17)21(24)27)14-5-3-2-4-6-14/h2-11,13H,12H2,1H3. The molecule has 0 spiro atoms. The molecule has 9 heteroatoms. The number of benzene rings is 2. The summed E-state index contributed by atoms with van der Waals surface area (Å²) in [7, 11) is 1.55. The molecule has 0 bridgehead atoms. The van der Waals surface area contributed by atoms with Gasteiger partial charge in [-0.05, 0) is 23.8 Å². The second-order valence-corrected chi connectivity index (χ2v) is 7.65. The molecule has 0 unspecified atom stereocenters. The number of carbonyl (C=O) groups is 1. The number of nitro benzene ring substituents is 1. The Morgan fingerprint density at radius 3 is 2.53 bits per heavy atom. The minimum absolute atomic E-state index is 0.0580. The molecule has 0 saturated heterocycles. The Bertz CT molecular complexity index is 1300. The van der Waals surface area contributed by atoms with Crippen molar-refractivity contribution in [3.63, 3.8) is 0 Å². The number of anilines is 1. The van der Waals surface area contributed by atoms with Gasteiger partial charge < -0.3 is 4.90 Å². The number of fused-ring (bicyclic) bond motifs is 1. The molecule has 0 aliphatic rings. The van der Waals surface area contributed by atoms with Gasteiger partial charge in [0.25, 0.3) is 11.2 Å². The molecule has 4 rings (SSSR count). The predicted octanol–water partition coefficient (Wildman–Crippen LogP) is 3.70. The van der Waals surface area contributed by atoms with Crippen LogP contribution in [0.2, 0.25) is 0 Å². The molecule has 0 atom stereocenters. The predicted molar refractivity (Wildman–Crippen MR) is 116 cm³/mol. The van der Waals surface area contributed by atoms with E-state index in [0.717, 1.165) is 10.4 Å². The zero-order chi connectivity index (χ0) is 21.3. The van der Waals surface area contributed by atoms with E-state index in [2.05, 4.69) is 4.98 Å². The van der Waals surface area contributed by atoms with E-state index in [1.165, 1.54) is 51.4 Å². The first kappa shape index (κ1) is 19.5. The fraction of sp³-hybridized carbons (Fsp3) is 0.0952. The quantitative estimate of drug-likeness (QED) is 0.362. The van der Waals surface area contributed by atoms with E-state index in [-0.39, 0.29) is 23.7 Å². The summed E-state index contributed by atoms with van der Waals surface area (Å²) in [6, 6.07) is 17.2. The van der Waals surface area contributed by atoms with E-state index < -0.39 is 4.92 Å². The summed E-state index contributed by atoms with van der Waals surface area (Å²) in [5.41, 5.74) is 1.75. The molecule has 150 valence electrons. The van der Waals surface area contributed by atoms with Crippen LogP contribution >= 0.6 is 11.3 Å². The monoisotopic (exact) mass is 420 g/mol. The van der Waals surface area contributed by atoms with Crippen molar-refractivity contribution >= 4 is 38.8 Å². The van der Waals surface area contributed by atoms with Gasteiger partial charge in [0.05, 0.1) is 16.8 Å². The van der Waals surface area contributed by atoms with Crippen molar-refractivity contribution in [3.8, 4) is 10.4 Å². The molecule has 0 N–H and O–H groups in total. The van der Waals surface area contributed by atoms with Gasteiger partial charge in [0.15, 0.2) is 0 Å². The Kier molecular flexibility index (Phi) is 5.11. The zero-order valence-corrected chi connectivity index (χ0v) is 16.7. The van der Waals surface area contributed by atoms with Gasteiger partial charge in [-0.1, -0.05) is 30.3 Å². The number of rotatable bonds is 5. The number of carbonyl (C=O) groups excluding carboxylic acids is 1. The molecule has 0 saturated carbocycles. The van der Waals surface area contributed by atoms with E-state index in [9.17, 15) is 19.7 Å². The summed E-state index contributed by atoms with van der Waals surface area (Å²) in [5, 5.41) is 10.8. The van der Waals surface area contributed by atoms with Crippen LogP contribution in [0.5, 0.6) is 0 Å². The lowest BCUT2D eigenvalue weighted by atomic mass is 10.2. The number of nitrogens with zero attached hydrogens (tertiary/aromatic N) is 4. The van der Waals surface area contributed by atoms with Crippen LogP contribution in [0.4, 0.5) is 11.4 Å². The van der Waals surface area contributed by atoms with Crippen LogP contribution in [0.1, 0.15) is 0 Å². The van der Waals surface area contributed by atoms with E-state index in [1.807, 2.05) is 36.4 Å². The Labute approximate surface area is 174 Å². The van der Waals surface area contributed by atoms with E-state index >= 15 is 0 Å². The molecule has 0 fully saturated rings. The molecule has 0 aliphatic heterocycles. The Hall–Kier alpha value is -3.85. The number of non-ortho nitro benzene ring substituents is 1. The highest BCUT2D eigenvalue weighted by Crippen LogP contribution is 2.30. The summed E-state index contributed by atoms with van der Waals surface area (Å²) in [5.74, 6) is -0.341. The molecule has 0 aliphatic carbocycles. The molecule has 2 heterocycles. The lowest BCUT2D eigenvalue weighted by Gasteiger charge is -2.17. The fourth-order valence-corrected chi connectivity index (χ4v) is 4.06. The molecule has 0 radical (unpaired) electrons. The highest BCUT2D eigenvalue weighted by Gasteiger charge is 2.16. The van der Waals surface area contributed by atoms with Crippen molar-refractivity contribution in [3.05, 3.63) is 87.5 Å². The third-order valence-electron chi connectivity index (χ3n) is 4.69. The van der Waals surface area contributed by atoms with Crippen LogP contribution in [-0.4, -0.2) is 27.4 Å². The summed E-state index contributed by atoms with van der Waals surface area (Å²) in [6.45, 7) is -0.187. The zero-order valence-electron chi connectivity index (χ0n) is 15.9. The molecular weight excluding hydrogens is 404 g/mol. The first-order chi connectivity index (χ1) is 14.4. The molecular formula is C21H16N4O4S. The number of aromatic nitrogens is 2. The average molecular weight is 420 g/mol. The Balaban J connectivity index is 1.58. The first-order valence-corrected chi connectivity index (χ1v) is 9.81. The molecule has 30 heavy (non-hydrogen) atoms. The topological polar surface area (TPSA) is 98.3 Å². The van der Waals surface area contributed by atoms with Gasteiger partial charge in [0.2, 0.25) is 5.91 Å². The minimum Gasteiger partial charge on any atom is -0.314 e. The fourth-order valence-electron chi connectivity index (χ4n) is 3.00. The molecule has 2 aromatic carbocycles. The SMILES string of the molecule is CN(C(=O)Cn1cnc2cc(-c3ccccc3)sc2c1=O)c1ccc([N+](=O)[O-])cc1. The number of hydrogen-bond acceptors (Lipinski definition) is 6. The van der Waals surface area contributed by atoms with Gasteiger partial charge >= 0.3 is 0 Å². The highest BCUT2D eigenvalue weighted by atomic mass is 32.1. The Morgan fingerprint density at radius 2 is 1.87 bits per heavy atom. The van der Waals surface area contributed by atoms with Crippen molar-refractivity contribution in [2.75, 3.05) is 11.9 Å². The minimum atomic E-state index is -0.503. The van der Waals surface area contributed by atoms with Crippen LogP contribution in [0.15, 0.2) is 71.8 Å². The van der Waals surface area contributed by atoms with Crippen LogP contribution in [-0.2, 0) is 11.3 Å². The summed E-state index contributed by atoms with van der Waals surface area (Å²) >= 11 is 1.34. The van der Waals surface area contributed by atoms with Crippen molar-refractivity contribution in [2.24, 2.45) is 0 Å². The third-order valence-corrected chi connectivity index (χ3v) is 5.85. The second kappa shape index (κ2) is 7.88. The maximum atomic E-state index is 12.9. The molecule has 4 aromatic rings. The van der Waals surface area contributed by atoms with Crippen LogP contribution in [0.25, 0.3) is 20.7 Å². The summed E-state index contributed by atoms with van der Waals surface area (Å²) < 4.78 is 1.76. The molecule has 2 aromatic heterocycles. The van der Waals surface area contributed by atoms with Crippen molar-refractivity contribution in [2.45, 2.75) is 6.54 Å². The lowest BCUT2D eigenvalue weighted by molar-refractivity contribution is -0.384. The average Bonchev–Trinajstić information content (AvgIpc) is 3.21. The van der Waals surface area contributed by atoms with Crippen LogP contribution in [0.3, 0.4) is 0 Å². The third kappa shape index (κ3) is 3.70. The van der Waals surface area contributed by atoms with Crippen LogP contribution in [0, 0.1) is 10.1 Å². The normalized spacial score (nSPS) is 10.8. The second-order valence-electron chi connectivity index (χ2n) is 6.59. The van der Waals surface area contributed by atoms with Crippen molar-refractivity contribution in [1.82, 2.24) is 9.55 Å². The molecule has 1 amide bonds. The lowest BCUT2D eigenvalue weighted by Crippen LogP contribution is -2.33. The molecule has 8 nitrogen and oxygen atoms in total. The van der Waals surface area contributed by atoms with Gasteiger partial charge in [0.1, 0.15) is 11.2 Å². The van der Waals surface area contributed by atoms with Gasteiger partial charge in [-0.25, -0.2) is 4.98 Å². The first-order valence-electron chi connectivity index (χ1n) is 8.99. The maximum absolute atomic E-state index is 12.9. The number of nitro groups is 1. The number of hydrogen-bond donors (Lipinski definition) is 0. The van der Waals surface area contributed by atoms with E-state index in [4.69, 9.17) is 0 Å². The van der Waals surface area contributed by atoms with Crippen LogP contribution < -0.4 is 10.5 Å². The summed E-state index contributed by atoms with van der Waals surface area (Å²) in [6.07, 6.45) is 1.37. The number of amides is 1. The number of likely N-dealkylation sites (N-methyl/N-ethyl adjacent to an activating group) is 1. The van der Waals surface area contributed by atoms with Gasteiger partial charge in [-0.3, -0.25) is 24.3 Å². The van der Waals surface area contributed by atoms with E-state index in [0.29, 0.717) is 15.9 Å². The largest absolute Gasteiger partial charge is 0.314 e. The smallest absolute Gasteiger partial charge is 0.271 e. The van der Waals surface area contributed by atoms with Gasteiger partial charge in [0, 0.05) is 29.7 Å². The van der Waals surface area contributed by atoms with Crippen molar-refractivity contribution in [1.29, 1.82) is 0 Å². The van der Waals surface area contributed by atoms with Gasteiger partial charge in [-0.15, -0.1) is 11.3 Å². The maximum Gasteiger partial charge on any atom is 0.271 e. The van der Waals surface area contributed by atoms with Gasteiger partial charge in [-0.2, -0.15) is 0 Å². The number of thiophene rings is 1.